The molecule has 5 rings (SSSR count). The molecule has 2 N–H and O–H groups in total. The van der Waals surface area contributed by atoms with E-state index in [1.165, 1.54) is 0 Å². The van der Waals surface area contributed by atoms with Crippen molar-refractivity contribution >= 4 is 22.7 Å². The zero-order chi connectivity index (χ0) is 25.8. The van der Waals surface area contributed by atoms with Gasteiger partial charge in [-0.25, -0.2) is 0 Å². The molecule has 2 heterocycles. The second kappa shape index (κ2) is 11.0. The summed E-state index contributed by atoms with van der Waals surface area (Å²) in [4.78, 5) is 34.4. The highest BCUT2D eigenvalue weighted by molar-refractivity contribution is 6.03. The third kappa shape index (κ3) is 4.89. The molecule has 3 aromatic carbocycles. The van der Waals surface area contributed by atoms with Crippen LogP contribution >= 0.6 is 0 Å². The van der Waals surface area contributed by atoms with E-state index in [0.717, 1.165) is 59.3 Å². The number of nitrogens with one attached hydrogen (secondary N) is 2. The van der Waals surface area contributed by atoms with Crippen LogP contribution in [-0.2, 0) is 4.79 Å². The lowest BCUT2D eigenvalue weighted by atomic mass is 9.93. The number of aromatic nitrogens is 1. The minimum atomic E-state index is -0.364. The number of hydrogen-bond donors (Lipinski definition) is 2. The number of amides is 2. The van der Waals surface area contributed by atoms with Crippen LogP contribution in [0.15, 0.2) is 78.9 Å². The summed E-state index contributed by atoms with van der Waals surface area (Å²) >= 11 is 0. The second-order valence-electron chi connectivity index (χ2n) is 9.48. The molecule has 4 aromatic rings. The van der Waals surface area contributed by atoms with Crippen LogP contribution in [0.25, 0.3) is 22.2 Å². The van der Waals surface area contributed by atoms with Gasteiger partial charge >= 0.3 is 0 Å². The normalized spacial score (nSPS) is 14.9. The Bertz CT molecular complexity index is 1390. The van der Waals surface area contributed by atoms with E-state index >= 15 is 0 Å². The van der Waals surface area contributed by atoms with E-state index in [9.17, 15) is 9.59 Å². The molecule has 6 heteroatoms. The van der Waals surface area contributed by atoms with Gasteiger partial charge in [0, 0.05) is 28.6 Å². The van der Waals surface area contributed by atoms with Gasteiger partial charge in [0.25, 0.3) is 5.91 Å². The zero-order valence-electron chi connectivity index (χ0n) is 21.5. The Labute approximate surface area is 218 Å². The maximum Gasteiger partial charge on any atom is 0.255 e. The average molecular weight is 495 g/mol. The smallest absolute Gasteiger partial charge is 0.255 e. The molecule has 2 amide bonds. The van der Waals surface area contributed by atoms with E-state index in [-0.39, 0.29) is 24.4 Å². The van der Waals surface area contributed by atoms with Crippen molar-refractivity contribution in [3.05, 3.63) is 95.6 Å². The molecular formula is C31H34N4O2. The molecule has 1 atom stereocenters. The van der Waals surface area contributed by atoms with Crippen LogP contribution < -0.4 is 5.32 Å². The molecule has 0 radical (unpaired) electrons. The fraction of sp³-hybridized carbons (Fsp3) is 0.290. The fourth-order valence-corrected chi connectivity index (χ4v) is 5.41. The summed E-state index contributed by atoms with van der Waals surface area (Å²) in [5, 5.41) is 4.10. The first-order chi connectivity index (χ1) is 18.1. The van der Waals surface area contributed by atoms with Crippen molar-refractivity contribution in [1.82, 2.24) is 20.1 Å². The molecule has 0 aliphatic carbocycles. The van der Waals surface area contributed by atoms with Gasteiger partial charge in [-0.05, 0) is 49.3 Å². The van der Waals surface area contributed by atoms with Gasteiger partial charge in [-0.1, -0.05) is 80.6 Å². The van der Waals surface area contributed by atoms with Crippen molar-refractivity contribution in [2.75, 3.05) is 32.7 Å². The molecule has 1 aromatic heterocycles. The molecule has 0 saturated carbocycles. The summed E-state index contributed by atoms with van der Waals surface area (Å²) in [7, 11) is 0. The lowest BCUT2D eigenvalue weighted by Gasteiger charge is -2.26. The third-order valence-corrected chi connectivity index (χ3v) is 7.32. The summed E-state index contributed by atoms with van der Waals surface area (Å²) in [6, 6.07) is 25.7. The van der Waals surface area contributed by atoms with Gasteiger partial charge in [0.05, 0.1) is 11.7 Å². The summed E-state index contributed by atoms with van der Waals surface area (Å²) in [5.74, 6) is -0.241. The van der Waals surface area contributed by atoms with Crippen LogP contribution in [0.1, 0.15) is 47.8 Å². The van der Waals surface area contributed by atoms with E-state index in [0.29, 0.717) is 12.1 Å². The Kier molecular flexibility index (Phi) is 7.37. The molecule has 1 aliphatic rings. The van der Waals surface area contributed by atoms with E-state index in [1.54, 1.807) is 4.90 Å². The van der Waals surface area contributed by atoms with Crippen LogP contribution in [0, 0.1) is 0 Å². The zero-order valence-corrected chi connectivity index (χ0v) is 21.5. The summed E-state index contributed by atoms with van der Waals surface area (Å²) in [5.41, 5.74) is 5.64. The summed E-state index contributed by atoms with van der Waals surface area (Å²) < 4.78 is 0. The number of carbonyl (C=O) groups is 2. The molecule has 0 saturated heterocycles. The standard InChI is InChI=1S/C31H34N4O2/c1-3-34(4-2)20-12-19-32-27(36)21-35-30(23-15-8-9-16-24(23)31(35)37)28-25-17-10-11-18-26(25)33-29(28)22-13-6-5-7-14-22/h5-11,13-18,30,33H,3-4,12,19-21H2,1-2H3,(H,32,36)/t30-/m1/s1. The lowest BCUT2D eigenvalue weighted by Crippen LogP contribution is -2.40. The number of fused-ring (bicyclic) bond motifs is 2. The Morgan fingerprint density at radius 1 is 0.946 bits per heavy atom. The minimum absolute atomic E-state index is 0.0111. The highest BCUT2D eigenvalue weighted by Gasteiger charge is 2.40. The number of aromatic amines is 1. The Morgan fingerprint density at radius 3 is 2.43 bits per heavy atom. The minimum Gasteiger partial charge on any atom is -0.355 e. The first-order valence-electron chi connectivity index (χ1n) is 13.2. The quantitative estimate of drug-likeness (QED) is 0.297. The number of hydrogen-bond acceptors (Lipinski definition) is 3. The molecule has 37 heavy (non-hydrogen) atoms. The predicted octanol–water partition coefficient (Wildman–Crippen LogP) is 5.23. The van der Waals surface area contributed by atoms with Crippen LogP contribution in [-0.4, -0.2) is 59.3 Å². The van der Waals surface area contributed by atoms with E-state index in [4.69, 9.17) is 0 Å². The molecule has 190 valence electrons. The van der Waals surface area contributed by atoms with Crippen LogP contribution in [0.2, 0.25) is 0 Å². The largest absolute Gasteiger partial charge is 0.355 e. The van der Waals surface area contributed by atoms with E-state index < -0.39 is 0 Å². The van der Waals surface area contributed by atoms with Crippen molar-refractivity contribution in [1.29, 1.82) is 0 Å². The van der Waals surface area contributed by atoms with Gasteiger partial charge < -0.3 is 20.1 Å². The Balaban J connectivity index is 1.49. The number of rotatable bonds is 10. The van der Waals surface area contributed by atoms with E-state index in [2.05, 4.69) is 53.3 Å². The summed E-state index contributed by atoms with van der Waals surface area (Å²) in [6.45, 7) is 7.84. The molecule has 0 bridgehead atoms. The SMILES string of the molecule is CCN(CC)CCCNC(=O)CN1C(=O)c2ccccc2[C@@H]1c1c(-c2ccccc2)[nH]c2ccccc12. The highest BCUT2D eigenvalue weighted by Crippen LogP contribution is 2.45. The van der Waals surface area contributed by atoms with Crippen molar-refractivity contribution < 1.29 is 9.59 Å². The van der Waals surface area contributed by atoms with Crippen LogP contribution in [0.3, 0.4) is 0 Å². The van der Waals surface area contributed by atoms with Gasteiger partial charge in [-0.2, -0.15) is 0 Å². The fourth-order valence-electron chi connectivity index (χ4n) is 5.41. The molecule has 0 unspecified atom stereocenters. The molecule has 6 nitrogen and oxygen atoms in total. The highest BCUT2D eigenvalue weighted by atomic mass is 16.2. The number of carbonyl (C=O) groups excluding carboxylic acids is 2. The first kappa shape index (κ1) is 24.8. The third-order valence-electron chi connectivity index (χ3n) is 7.32. The van der Waals surface area contributed by atoms with Crippen LogP contribution in [0.5, 0.6) is 0 Å². The maximum absolute atomic E-state index is 13.6. The van der Waals surface area contributed by atoms with Gasteiger partial charge in [0.15, 0.2) is 0 Å². The van der Waals surface area contributed by atoms with Crippen molar-refractivity contribution in [3.63, 3.8) is 0 Å². The van der Waals surface area contributed by atoms with Gasteiger partial charge in [-0.15, -0.1) is 0 Å². The predicted molar refractivity (Wildman–Crippen MR) is 148 cm³/mol. The number of H-pyrrole nitrogens is 1. The number of benzene rings is 3. The van der Waals surface area contributed by atoms with Crippen molar-refractivity contribution in [2.24, 2.45) is 0 Å². The molecule has 1 aliphatic heterocycles. The molecule has 0 spiro atoms. The topological polar surface area (TPSA) is 68.4 Å². The number of para-hydroxylation sites is 1. The van der Waals surface area contributed by atoms with Crippen molar-refractivity contribution in [2.45, 2.75) is 26.3 Å². The summed E-state index contributed by atoms with van der Waals surface area (Å²) in [6.07, 6.45) is 0.881. The molecule has 0 fully saturated rings. The van der Waals surface area contributed by atoms with Crippen molar-refractivity contribution in [3.8, 4) is 11.3 Å². The van der Waals surface area contributed by atoms with Gasteiger partial charge in [0.2, 0.25) is 5.91 Å². The maximum atomic E-state index is 13.6. The second-order valence-corrected chi connectivity index (χ2v) is 9.48. The average Bonchev–Trinajstić information content (AvgIpc) is 3.44. The first-order valence-corrected chi connectivity index (χ1v) is 13.2. The van der Waals surface area contributed by atoms with Gasteiger partial charge in [-0.3, -0.25) is 9.59 Å². The lowest BCUT2D eigenvalue weighted by molar-refractivity contribution is -0.122. The van der Waals surface area contributed by atoms with Crippen LogP contribution in [0.4, 0.5) is 0 Å². The Morgan fingerprint density at radius 2 is 1.65 bits per heavy atom. The molecular weight excluding hydrogens is 460 g/mol. The monoisotopic (exact) mass is 494 g/mol. The van der Waals surface area contributed by atoms with E-state index in [1.807, 2.05) is 54.6 Å². The number of nitrogens with zero attached hydrogens (tertiary/aromatic N) is 2. The van der Waals surface area contributed by atoms with Gasteiger partial charge in [0.1, 0.15) is 6.54 Å². The Hall–Kier alpha value is -3.90.